The maximum atomic E-state index is 13.4. The summed E-state index contributed by atoms with van der Waals surface area (Å²) in [5.74, 6) is -0.203. The molecule has 0 spiro atoms. The van der Waals surface area contributed by atoms with Crippen molar-refractivity contribution in [3.8, 4) is 5.75 Å². The quantitative estimate of drug-likeness (QED) is 0.147. The minimum atomic E-state index is -1.04. The number of nitrogens with one attached hydrogen (secondary N) is 2. The Hall–Kier alpha value is -3.96. The normalized spacial score (nSPS) is 17.5. The molecular weight excluding hydrogens is 612 g/mol. The summed E-state index contributed by atoms with van der Waals surface area (Å²) in [6, 6.07) is 23.4. The van der Waals surface area contributed by atoms with Crippen LogP contribution in [-0.2, 0) is 31.8 Å². The lowest BCUT2D eigenvalue weighted by molar-refractivity contribution is -0.123. The molecule has 1 unspecified atom stereocenters. The Labute approximate surface area is 283 Å². The molecular formula is C38H50N2O8. The van der Waals surface area contributed by atoms with E-state index in [2.05, 4.69) is 10.6 Å². The molecule has 4 rings (SSSR count). The zero-order chi connectivity index (χ0) is 34.5. The lowest BCUT2D eigenvalue weighted by atomic mass is 9.82. The van der Waals surface area contributed by atoms with Crippen LogP contribution in [0, 0.1) is 5.92 Å². The average molecular weight is 663 g/mol. The first-order valence-electron chi connectivity index (χ1n) is 16.6. The molecule has 48 heavy (non-hydrogen) atoms. The van der Waals surface area contributed by atoms with Crippen molar-refractivity contribution in [3.05, 3.63) is 101 Å². The van der Waals surface area contributed by atoms with Crippen LogP contribution in [0.2, 0.25) is 0 Å². The number of aliphatic hydroxyl groups excluding tert-OH is 2. The Morgan fingerprint density at radius 1 is 0.917 bits per heavy atom. The summed E-state index contributed by atoms with van der Waals surface area (Å²) in [5.41, 5.74) is 2.78. The number of ether oxygens (including phenoxy) is 4. The van der Waals surface area contributed by atoms with E-state index in [1.807, 2.05) is 54.6 Å². The Balaban J connectivity index is 1.53. The maximum absolute atomic E-state index is 13.4. The van der Waals surface area contributed by atoms with Gasteiger partial charge in [-0.25, -0.2) is 4.79 Å². The molecule has 1 aliphatic rings. The Morgan fingerprint density at radius 3 is 2.31 bits per heavy atom. The van der Waals surface area contributed by atoms with Crippen molar-refractivity contribution < 1.29 is 38.7 Å². The monoisotopic (exact) mass is 662 g/mol. The number of aliphatic hydroxyl groups is 2. The fourth-order valence-corrected chi connectivity index (χ4v) is 5.98. The predicted octanol–water partition coefficient (Wildman–Crippen LogP) is 5.07. The maximum Gasteiger partial charge on any atom is 0.407 e. The van der Waals surface area contributed by atoms with Gasteiger partial charge in [0.2, 0.25) is 5.91 Å². The highest BCUT2D eigenvalue weighted by Crippen LogP contribution is 2.34. The number of carbonyl (C=O) groups excluding carboxylic acids is 2. The SMILES string of the molecule is COCCOCCOc1ccc(C(O)[C@@H](CCC(=O)N[C@H]2c3ccccc3C[C@H]2O)[C@H](Cc2ccccc2)NC(=O)OC(C)(C)C)cc1. The summed E-state index contributed by atoms with van der Waals surface area (Å²) in [5, 5.41) is 28.6. The third-order valence-electron chi connectivity index (χ3n) is 8.30. The first-order valence-corrected chi connectivity index (χ1v) is 16.6. The van der Waals surface area contributed by atoms with E-state index in [4.69, 9.17) is 18.9 Å². The van der Waals surface area contributed by atoms with Crippen molar-refractivity contribution in [3.63, 3.8) is 0 Å². The van der Waals surface area contributed by atoms with E-state index >= 15 is 0 Å². The second-order valence-corrected chi connectivity index (χ2v) is 13.1. The number of rotatable bonds is 17. The second-order valence-electron chi connectivity index (χ2n) is 13.1. The van der Waals surface area contributed by atoms with Gasteiger partial charge in [-0.2, -0.15) is 0 Å². The fraction of sp³-hybridized carbons (Fsp3) is 0.474. The lowest BCUT2D eigenvalue weighted by Gasteiger charge is -2.33. The van der Waals surface area contributed by atoms with E-state index in [0.29, 0.717) is 50.6 Å². The average Bonchev–Trinajstić information content (AvgIpc) is 3.36. The third-order valence-corrected chi connectivity index (χ3v) is 8.30. The van der Waals surface area contributed by atoms with Crippen LogP contribution in [0.4, 0.5) is 4.79 Å². The van der Waals surface area contributed by atoms with Gasteiger partial charge in [-0.05, 0) is 68.0 Å². The number of carbonyl (C=O) groups is 2. The van der Waals surface area contributed by atoms with Crippen LogP contribution in [0.15, 0.2) is 78.9 Å². The highest BCUT2D eigenvalue weighted by atomic mass is 16.6. The molecule has 0 saturated carbocycles. The molecule has 1 aliphatic carbocycles. The molecule has 3 aromatic rings. The first kappa shape index (κ1) is 36.9. The van der Waals surface area contributed by atoms with Crippen LogP contribution in [0.25, 0.3) is 0 Å². The molecule has 5 atom stereocenters. The van der Waals surface area contributed by atoms with Gasteiger partial charge in [0, 0.05) is 31.9 Å². The molecule has 2 amide bonds. The molecule has 3 aromatic carbocycles. The Morgan fingerprint density at radius 2 is 1.60 bits per heavy atom. The molecule has 0 fully saturated rings. The topological polar surface area (TPSA) is 136 Å². The molecule has 10 nitrogen and oxygen atoms in total. The van der Waals surface area contributed by atoms with E-state index in [1.54, 1.807) is 52.1 Å². The second kappa shape index (κ2) is 18.0. The van der Waals surface area contributed by atoms with Gasteiger partial charge in [-0.1, -0.05) is 66.7 Å². The van der Waals surface area contributed by atoms with Crippen molar-refractivity contribution in [2.24, 2.45) is 5.92 Å². The number of hydrogen-bond acceptors (Lipinski definition) is 8. The zero-order valence-electron chi connectivity index (χ0n) is 28.4. The summed E-state index contributed by atoms with van der Waals surface area (Å²) in [4.78, 5) is 26.5. The Bertz CT molecular complexity index is 1430. The number of amides is 2. The van der Waals surface area contributed by atoms with Gasteiger partial charge in [0.1, 0.15) is 18.0 Å². The summed E-state index contributed by atoms with van der Waals surface area (Å²) in [7, 11) is 1.62. The predicted molar refractivity (Wildman–Crippen MR) is 183 cm³/mol. The van der Waals surface area contributed by atoms with Crippen molar-refractivity contribution >= 4 is 12.0 Å². The molecule has 0 bridgehead atoms. The number of hydrogen-bond donors (Lipinski definition) is 4. The standard InChI is InChI=1S/C38H50N2O8/c1-38(2,3)48-37(44)39-32(24-26-10-6-5-7-11-26)31(18-19-34(42)40-35-30-13-9-8-12-28(30)25-33(35)41)36(43)27-14-16-29(17-15-27)47-23-22-46-21-20-45-4/h5-17,31-33,35-36,41,43H,18-25H2,1-4H3,(H,39,44)(H,40,42)/t31-,32-,33+,35-,36?/m0/s1. The van der Waals surface area contributed by atoms with Gasteiger partial charge < -0.3 is 39.8 Å². The zero-order valence-corrected chi connectivity index (χ0v) is 28.4. The van der Waals surface area contributed by atoms with Gasteiger partial charge in [0.25, 0.3) is 0 Å². The minimum absolute atomic E-state index is 0.0681. The number of fused-ring (bicyclic) bond motifs is 1. The number of alkyl carbamates (subject to hydrolysis) is 1. The van der Waals surface area contributed by atoms with E-state index in [1.165, 1.54) is 0 Å². The number of benzene rings is 3. The van der Waals surface area contributed by atoms with Gasteiger partial charge in [0.15, 0.2) is 0 Å². The molecule has 0 radical (unpaired) electrons. The van der Waals surface area contributed by atoms with Crippen LogP contribution < -0.4 is 15.4 Å². The molecule has 0 aliphatic heterocycles. The first-order chi connectivity index (χ1) is 23.0. The highest BCUT2D eigenvalue weighted by Gasteiger charge is 2.35. The van der Waals surface area contributed by atoms with Crippen LogP contribution in [-0.4, -0.2) is 73.5 Å². The molecule has 0 heterocycles. The Kier molecular flexibility index (Phi) is 13.8. The van der Waals surface area contributed by atoms with Gasteiger partial charge >= 0.3 is 6.09 Å². The van der Waals surface area contributed by atoms with E-state index in [0.717, 1.165) is 16.7 Å². The summed E-state index contributed by atoms with van der Waals surface area (Å²) >= 11 is 0. The van der Waals surface area contributed by atoms with E-state index in [-0.39, 0.29) is 18.7 Å². The van der Waals surface area contributed by atoms with Crippen LogP contribution in [0.3, 0.4) is 0 Å². The number of methoxy groups -OCH3 is 1. The lowest BCUT2D eigenvalue weighted by Crippen LogP contribution is -2.46. The van der Waals surface area contributed by atoms with E-state index in [9.17, 15) is 19.8 Å². The summed E-state index contributed by atoms with van der Waals surface area (Å²) in [6.45, 7) is 7.16. The molecule has 0 saturated heterocycles. The van der Waals surface area contributed by atoms with Crippen LogP contribution in [0.1, 0.15) is 68.0 Å². The van der Waals surface area contributed by atoms with Crippen LogP contribution >= 0.6 is 0 Å². The van der Waals surface area contributed by atoms with Crippen molar-refractivity contribution in [1.29, 1.82) is 0 Å². The minimum Gasteiger partial charge on any atom is -0.491 e. The highest BCUT2D eigenvalue weighted by molar-refractivity contribution is 5.77. The van der Waals surface area contributed by atoms with Gasteiger partial charge in [-0.15, -0.1) is 0 Å². The summed E-state index contributed by atoms with van der Waals surface area (Å²) < 4.78 is 21.8. The van der Waals surface area contributed by atoms with Crippen molar-refractivity contribution in [2.75, 3.05) is 33.5 Å². The molecule has 4 N–H and O–H groups in total. The van der Waals surface area contributed by atoms with Gasteiger partial charge in [0.05, 0.1) is 38.1 Å². The van der Waals surface area contributed by atoms with Gasteiger partial charge in [-0.3, -0.25) is 4.79 Å². The molecule has 0 aromatic heterocycles. The van der Waals surface area contributed by atoms with Crippen molar-refractivity contribution in [1.82, 2.24) is 10.6 Å². The molecule has 10 heteroatoms. The largest absolute Gasteiger partial charge is 0.491 e. The third kappa shape index (κ3) is 11.3. The smallest absolute Gasteiger partial charge is 0.407 e. The van der Waals surface area contributed by atoms with Crippen molar-refractivity contribution in [2.45, 2.75) is 76.3 Å². The summed E-state index contributed by atoms with van der Waals surface area (Å²) in [6.07, 6.45) is -1.16. The van der Waals surface area contributed by atoms with E-state index < -0.39 is 41.9 Å². The van der Waals surface area contributed by atoms with Crippen LogP contribution in [0.5, 0.6) is 5.75 Å². The fourth-order valence-electron chi connectivity index (χ4n) is 5.98. The molecule has 260 valence electrons.